The van der Waals surface area contributed by atoms with Crippen LogP contribution in [0.25, 0.3) is 0 Å². The summed E-state index contributed by atoms with van der Waals surface area (Å²) >= 11 is 1.61. The number of hydrogen-bond acceptors (Lipinski definition) is 5. The zero-order valence-electron chi connectivity index (χ0n) is 16.9. The number of pyridine rings is 1. The molecule has 152 valence electrons. The van der Waals surface area contributed by atoms with Gasteiger partial charge in [-0.1, -0.05) is 37.7 Å². The monoisotopic (exact) mass is 413 g/mol. The first-order valence-electron chi connectivity index (χ1n) is 9.23. The predicted molar refractivity (Wildman–Crippen MR) is 115 cm³/mol. The fraction of sp³-hybridized carbons (Fsp3) is 0.273. The summed E-state index contributed by atoms with van der Waals surface area (Å²) in [7, 11) is 0. The summed E-state index contributed by atoms with van der Waals surface area (Å²) in [6.45, 7) is 8.12. The van der Waals surface area contributed by atoms with Crippen LogP contribution in [0.3, 0.4) is 0 Å². The molecule has 0 saturated heterocycles. The predicted octanol–water partition coefficient (Wildman–Crippen LogP) is 4.95. The van der Waals surface area contributed by atoms with Gasteiger partial charge in [0, 0.05) is 28.6 Å². The van der Waals surface area contributed by atoms with Crippen molar-refractivity contribution in [3.8, 4) is 5.75 Å². The molecule has 0 bridgehead atoms. The number of halogens is 1. The number of phenolic OH excluding ortho intramolecular Hbond substituents is 1. The Morgan fingerprint density at radius 1 is 1.34 bits per heavy atom. The number of amides is 1. The highest BCUT2D eigenvalue weighted by atomic mass is 32.2. The molecule has 0 aliphatic carbocycles. The Bertz CT molecular complexity index is 1000. The SMILES string of the molecule is CC1=CN(c2cnc(F)c(C)c2)C(=CC(C)(C)CNC(=O)c2ccccc2O)S1. The molecule has 0 atom stereocenters. The number of hydrogen-bond donors (Lipinski definition) is 2. The van der Waals surface area contributed by atoms with E-state index in [1.807, 2.05) is 31.9 Å². The van der Waals surface area contributed by atoms with E-state index in [0.29, 0.717) is 12.1 Å². The number of para-hydroxylation sites is 1. The Labute approximate surface area is 174 Å². The lowest BCUT2D eigenvalue weighted by Crippen LogP contribution is -2.33. The maximum absolute atomic E-state index is 13.6. The van der Waals surface area contributed by atoms with Crippen LogP contribution in [-0.2, 0) is 0 Å². The summed E-state index contributed by atoms with van der Waals surface area (Å²) in [5, 5.41) is 13.7. The van der Waals surface area contributed by atoms with Crippen molar-refractivity contribution in [2.24, 2.45) is 5.41 Å². The number of nitrogens with zero attached hydrogens (tertiary/aromatic N) is 2. The molecule has 1 aliphatic heterocycles. The Morgan fingerprint density at radius 2 is 2.07 bits per heavy atom. The van der Waals surface area contributed by atoms with Crippen molar-refractivity contribution in [2.45, 2.75) is 27.7 Å². The van der Waals surface area contributed by atoms with Crippen LogP contribution in [0.1, 0.15) is 36.7 Å². The molecule has 0 saturated carbocycles. The van der Waals surface area contributed by atoms with E-state index < -0.39 is 5.95 Å². The molecule has 0 fully saturated rings. The first-order chi connectivity index (χ1) is 13.7. The van der Waals surface area contributed by atoms with Gasteiger partial charge in [-0.25, -0.2) is 4.98 Å². The fourth-order valence-electron chi connectivity index (χ4n) is 2.92. The molecule has 1 aromatic carbocycles. The zero-order chi connectivity index (χ0) is 21.2. The van der Waals surface area contributed by atoms with Crippen molar-refractivity contribution in [2.75, 3.05) is 11.4 Å². The molecule has 29 heavy (non-hydrogen) atoms. The molecule has 0 radical (unpaired) electrons. The summed E-state index contributed by atoms with van der Waals surface area (Å²) < 4.78 is 13.6. The van der Waals surface area contributed by atoms with Crippen LogP contribution in [0.2, 0.25) is 0 Å². The number of aryl methyl sites for hydroxylation is 1. The molecule has 2 aromatic rings. The Kier molecular flexibility index (Phi) is 5.98. The number of phenols is 1. The quantitative estimate of drug-likeness (QED) is 0.679. The highest BCUT2D eigenvalue weighted by molar-refractivity contribution is 8.07. The second-order valence-corrected chi connectivity index (χ2v) is 8.95. The van der Waals surface area contributed by atoms with E-state index in [2.05, 4.69) is 16.4 Å². The van der Waals surface area contributed by atoms with Crippen LogP contribution >= 0.6 is 11.8 Å². The second kappa shape index (κ2) is 8.29. The number of nitrogens with one attached hydrogen (secondary N) is 1. The lowest BCUT2D eigenvalue weighted by molar-refractivity contribution is 0.0940. The normalized spacial score (nSPS) is 15.6. The van der Waals surface area contributed by atoms with E-state index in [4.69, 9.17) is 0 Å². The van der Waals surface area contributed by atoms with E-state index >= 15 is 0 Å². The van der Waals surface area contributed by atoms with Crippen LogP contribution in [0.15, 0.2) is 58.7 Å². The average molecular weight is 414 g/mol. The zero-order valence-corrected chi connectivity index (χ0v) is 17.7. The largest absolute Gasteiger partial charge is 0.507 e. The Balaban J connectivity index is 1.76. The average Bonchev–Trinajstić information content (AvgIpc) is 3.02. The molecule has 1 aromatic heterocycles. The number of carbonyl (C=O) groups is 1. The fourth-order valence-corrected chi connectivity index (χ4v) is 4.04. The van der Waals surface area contributed by atoms with Crippen LogP contribution in [-0.4, -0.2) is 22.5 Å². The van der Waals surface area contributed by atoms with Crippen molar-refractivity contribution >= 4 is 23.4 Å². The molecular weight excluding hydrogens is 389 g/mol. The number of rotatable bonds is 5. The van der Waals surface area contributed by atoms with Crippen molar-refractivity contribution in [3.05, 3.63) is 75.8 Å². The van der Waals surface area contributed by atoms with Crippen LogP contribution < -0.4 is 10.2 Å². The molecule has 1 amide bonds. The number of benzene rings is 1. The second-order valence-electron chi connectivity index (χ2n) is 7.68. The third-order valence-electron chi connectivity index (χ3n) is 4.46. The van der Waals surface area contributed by atoms with Gasteiger partial charge in [-0.15, -0.1) is 0 Å². The van der Waals surface area contributed by atoms with E-state index in [9.17, 15) is 14.3 Å². The Morgan fingerprint density at radius 3 is 2.76 bits per heavy atom. The van der Waals surface area contributed by atoms with E-state index in [-0.39, 0.29) is 22.6 Å². The lowest BCUT2D eigenvalue weighted by atomic mass is 9.93. The van der Waals surface area contributed by atoms with E-state index in [0.717, 1.165) is 15.6 Å². The summed E-state index contributed by atoms with van der Waals surface area (Å²) in [4.78, 5) is 19.3. The summed E-state index contributed by atoms with van der Waals surface area (Å²) in [5.74, 6) is -0.838. The van der Waals surface area contributed by atoms with Gasteiger partial charge in [0.2, 0.25) is 5.95 Å². The summed E-state index contributed by atoms with van der Waals surface area (Å²) in [5.41, 5.74) is 1.16. The maximum Gasteiger partial charge on any atom is 0.255 e. The van der Waals surface area contributed by atoms with Gasteiger partial charge in [0.05, 0.1) is 22.5 Å². The van der Waals surface area contributed by atoms with Gasteiger partial charge in [-0.05, 0) is 38.1 Å². The van der Waals surface area contributed by atoms with Gasteiger partial charge in [0.15, 0.2) is 0 Å². The molecular formula is C22H24FN3O2S. The lowest BCUT2D eigenvalue weighted by Gasteiger charge is -2.25. The van der Waals surface area contributed by atoms with E-state index in [1.165, 1.54) is 12.3 Å². The minimum absolute atomic E-state index is 0.0438. The minimum atomic E-state index is -0.473. The maximum atomic E-state index is 13.6. The molecule has 0 spiro atoms. The summed E-state index contributed by atoms with van der Waals surface area (Å²) in [6.07, 6.45) is 5.58. The Hall–Kier alpha value is -2.80. The van der Waals surface area contributed by atoms with E-state index in [1.54, 1.807) is 43.0 Å². The van der Waals surface area contributed by atoms with Crippen LogP contribution in [0.4, 0.5) is 10.1 Å². The van der Waals surface area contributed by atoms with Crippen LogP contribution in [0, 0.1) is 18.3 Å². The molecule has 0 unspecified atom stereocenters. The van der Waals surface area contributed by atoms with Gasteiger partial charge >= 0.3 is 0 Å². The number of aromatic nitrogens is 1. The van der Waals surface area contributed by atoms with Crippen molar-refractivity contribution < 1.29 is 14.3 Å². The van der Waals surface area contributed by atoms with Crippen molar-refractivity contribution in [3.63, 3.8) is 0 Å². The third-order valence-corrected chi connectivity index (χ3v) is 5.41. The van der Waals surface area contributed by atoms with Crippen molar-refractivity contribution in [1.82, 2.24) is 10.3 Å². The topological polar surface area (TPSA) is 65.5 Å². The van der Waals surface area contributed by atoms with Crippen LogP contribution in [0.5, 0.6) is 5.75 Å². The number of aromatic hydroxyl groups is 1. The first kappa shape index (κ1) is 20.9. The molecule has 2 N–H and O–H groups in total. The van der Waals surface area contributed by atoms with Gasteiger partial charge < -0.3 is 15.3 Å². The molecule has 3 rings (SSSR count). The number of thioether (sulfide) groups is 1. The molecule has 2 heterocycles. The highest BCUT2D eigenvalue weighted by Gasteiger charge is 2.25. The van der Waals surface area contributed by atoms with Gasteiger partial charge in [-0.3, -0.25) is 4.79 Å². The summed E-state index contributed by atoms with van der Waals surface area (Å²) in [6, 6.07) is 8.22. The first-order valence-corrected chi connectivity index (χ1v) is 10.0. The van der Waals surface area contributed by atoms with Gasteiger partial charge in [0.25, 0.3) is 5.91 Å². The highest BCUT2D eigenvalue weighted by Crippen LogP contribution is 2.41. The molecule has 1 aliphatic rings. The molecule has 7 heteroatoms. The standard InChI is InChI=1S/C22H24FN3O2S/c1-14-9-16(11-24-20(14)23)26-12-15(2)29-19(26)10-22(3,4)13-25-21(28)17-7-5-6-8-18(17)27/h5-12,27H,13H2,1-4H3,(H,25,28). The van der Waals surface area contributed by atoms with Gasteiger partial charge in [-0.2, -0.15) is 4.39 Å². The third kappa shape index (κ3) is 4.98. The minimum Gasteiger partial charge on any atom is -0.507 e. The number of allylic oxidation sites excluding steroid dienone is 1. The van der Waals surface area contributed by atoms with Crippen molar-refractivity contribution in [1.29, 1.82) is 0 Å². The number of anilines is 1. The number of carbonyl (C=O) groups excluding carboxylic acids is 1. The van der Waals surface area contributed by atoms with Gasteiger partial charge in [0.1, 0.15) is 5.75 Å². The molecule has 5 nitrogen and oxygen atoms in total. The smallest absolute Gasteiger partial charge is 0.255 e.